The molecule has 0 spiro atoms. The van der Waals surface area contributed by atoms with Crippen molar-refractivity contribution < 1.29 is 9.50 Å². The predicted octanol–water partition coefficient (Wildman–Crippen LogP) is 4.29. The molecule has 0 unspecified atom stereocenters. The molecular weight excluding hydrogens is 262 g/mol. The van der Waals surface area contributed by atoms with Gasteiger partial charge in [0.05, 0.1) is 16.7 Å². The minimum absolute atomic E-state index is 0.255. The van der Waals surface area contributed by atoms with E-state index in [1.54, 1.807) is 30.3 Å². The lowest BCUT2D eigenvalue weighted by atomic mass is 10.00. The fourth-order valence-corrected chi connectivity index (χ4v) is 1.95. The Bertz CT molecular complexity index is 555. The topological polar surface area (TPSA) is 20.2 Å². The van der Waals surface area contributed by atoms with Crippen molar-refractivity contribution in [3.63, 3.8) is 0 Å². The first-order valence-corrected chi connectivity index (χ1v) is 5.72. The number of hydrogen-bond donors (Lipinski definition) is 1. The average Bonchev–Trinajstić information content (AvgIpc) is 2.32. The van der Waals surface area contributed by atoms with Gasteiger partial charge in [0.1, 0.15) is 5.82 Å². The summed E-state index contributed by atoms with van der Waals surface area (Å²) in [7, 11) is 0. The van der Waals surface area contributed by atoms with E-state index in [4.69, 9.17) is 23.2 Å². The van der Waals surface area contributed by atoms with Gasteiger partial charge in [-0.25, -0.2) is 4.39 Å². The zero-order chi connectivity index (χ0) is 12.4. The molecule has 0 saturated heterocycles. The first kappa shape index (κ1) is 12.4. The second kappa shape index (κ2) is 5.05. The van der Waals surface area contributed by atoms with Crippen LogP contribution in [0.25, 0.3) is 11.1 Å². The Balaban J connectivity index is 2.60. The van der Waals surface area contributed by atoms with Crippen molar-refractivity contribution >= 4 is 23.2 Å². The van der Waals surface area contributed by atoms with Gasteiger partial charge in [-0.1, -0.05) is 41.4 Å². The smallest absolute Gasteiger partial charge is 0.129 e. The molecule has 0 fully saturated rings. The molecule has 0 saturated carbocycles. The molecule has 0 bridgehead atoms. The van der Waals surface area contributed by atoms with Crippen LogP contribution in [0.2, 0.25) is 10.0 Å². The molecule has 17 heavy (non-hydrogen) atoms. The number of aliphatic hydroxyl groups excluding tert-OH is 1. The molecule has 0 radical (unpaired) electrons. The van der Waals surface area contributed by atoms with Crippen LogP contribution in [0.4, 0.5) is 4.39 Å². The molecular formula is C13H9Cl2FO. The summed E-state index contributed by atoms with van der Waals surface area (Å²) >= 11 is 11.7. The molecule has 0 aliphatic rings. The van der Waals surface area contributed by atoms with Gasteiger partial charge in [-0.2, -0.15) is 0 Å². The first-order chi connectivity index (χ1) is 8.13. The molecule has 0 aromatic heterocycles. The van der Waals surface area contributed by atoms with E-state index in [0.717, 1.165) is 5.56 Å². The van der Waals surface area contributed by atoms with E-state index in [-0.39, 0.29) is 12.2 Å². The summed E-state index contributed by atoms with van der Waals surface area (Å²) in [4.78, 5) is 0. The van der Waals surface area contributed by atoms with Gasteiger partial charge in [0.2, 0.25) is 0 Å². The summed E-state index contributed by atoms with van der Waals surface area (Å²) in [5.41, 5.74) is 1.60. The van der Waals surface area contributed by atoms with E-state index in [1.165, 1.54) is 6.07 Å². The van der Waals surface area contributed by atoms with Crippen molar-refractivity contribution in [2.75, 3.05) is 0 Å². The van der Waals surface area contributed by atoms with Gasteiger partial charge in [-0.15, -0.1) is 0 Å². The average molecular weight is 271 g/mol. The SMILES string of the molecule is OCc1c(F)cccc1-c1ccc(Cl)c(Cl)c1. The largest absolute Gasteiger partial charge is 0.392 e. The number of benzene rings is 2. The molecule has 88 valence electrons. The van der Waals surface area contributed by atoms with E-state index in [0.29, 0.717) is 15.6 Å². The monoisotopic (exact) mass is 270 g/mol. The van der Waals surface area contributed by atoms with Crippen LogP contribution in [0.15, 0.2) is 36.4 Å². The molecule has 2 aromatic carbocycles. The third-order valence-corrected chi connectivity index (χ3v) is 3.25. The van der Waals surface area contributed by atoms with E-state index >= 15 is 0 Å². The van der Waals surface area contributed by atoms with Crippen LogP contribution in [0.1, 0.15) is 5.56 Å². The van der Waals surface area contributed by atoms with Gasteiger partial charge in [0.25, 0.3) is 0 Å². The Morgan fingerprint density at radius 3 is 2.47 bits per heavy atom. The fraction of sp³-hybridized carbons (Fsp3) is 0.0769. The molecule has 1 N–H and O–H groups in total. The lowest BCUT2D eigenvalue weighted by molar-refractivity contribution is 0.276. The highest BCUT2D eigenvalue weighted by Gasteiger charge is 2.10. The molecule has 0 aliphatic carbocycles. The van der Waals surface area contributed by atoms with Gasteiger partial charge < -0.3 is 5.11 Å². The minimum atomic E-state index is -0.434. The van der Waals surface area contributed by atoms with Gasteiger partial charge >= 0.3 is 0 Å². The van der Waals surface area contributed by atoms with Crippen LogP contribution in [0.5, 0.6) is 0 Å². The van der Waals surface area contributed by atoms with Gasteiger partial charge in [-0.3, -0.25) is 0 Å². The molecule has 0 aliphatic heterocycles. The quantitative estimate of drug-likeness (QED) is 0.863. The van der Waals surface area contributed by atoms with E-state index < -0.39 is 5.82 Å². The lowest BCUT2D eigenvalue weighted by Crippen LogP contribution is -1.94. The highest BCUT2D eigenvalue weighted by molar-refractivity contribution is 6.42. The standard InChI is InChI=1S/C13H9Cl2FO/c14-11-5-4-8(6-12(11)15)9-2-1-3-13(16)10(9)7-17/h1-6,17H,7H2. The third kappa shape index (κ3) is 2.44. The maximum Gasteiger partial charge on any atom is 0.129 e. The van der Waals surface area contributed by atoms with Crippen LogP contribution >= 0.6 is 23.2 Å². The minimum Gasteiger partial charge on any atom is -0.392 e. The maximum absolute atomic E-state index is 13.5. The van der Waals surface area contributed by atoms with Gasteiger partial charge in [0, 0.05) is 5.56 Å². The van der Waals surface area contributed by atoms with Crippen LogP contribution < -0.4 is 0 Å². The number of hydrogen-bond acceptors (Lipinski definition) is 1. The fourth-order valence-electron chi connectivity index (χ4n) is 1.65. The van der Waals surface area contributed by atoms with Crippen molar-refractivity contribution in [2.24, 2.45) is 0 Å². The summed E-state index contributed by atoms with van der Waals surface area (Å²) in [5.74, 6) is -0.434. The number of aliphatic hydroxyl groups is 1. The summed E-state index contributed by atoms with van der Waals surface area (Å²) in [5, 5.41) is 10.0. The third-order valence-electron chi connectivity index (χ3n) is 2.51. The Labute approximate surface area is 108 Å². The van der Waals surface area contributed by atoms with Crippen molar-refractivity contribution in [3.05, 3.63) is 57.8 Å². The normalized spacial score (nSPS) is 10.6. The summed E-state index contributed by atoms with van der Waals surface area (Å²) < 4.78 is 13.5. The highest BCUT2D eigenvalue weighted by Crippen LogP contribution is 2.31. The molecule has 2 aromatic rings. The molecule has 0 amide bonds. The first-order valence-electron chi connectivity index (χ1n) is 4.97. The van der Waals surface area contributed by atoms with E-state index in [1.807, 2.05) is 0 Å². The lowest BCUT2D eigenvalue weighted by Gasteiger charge is -2.09. The Morgan fingerprint density at radius 2 is 1.82 bits per heavy atom. The summed E-state index contributed by atoms with van der Waals surface area (Å²) in [6.45, 7) is -0.359. The predicted molar refractivity (Wildman–Crippen MR) is 67.8 cm³/mol. The van der Waals surface area contributed by atoms with Gasteiger partial charge in [0.15, 0.2) is 0 Å². The Kier molecular flexibility index (Phi) is 3.67. The Morgan fingerprint density at radius 1 is 1.06 bits per heavy atom. The van der Waals surface area contributed by atoms with E-state index in [9.17, 15) is 9.50 Å². The van der Waals surface area contributed by atoms with Crippen LogP contribution in [0, 0.1) is 5.82 Å². The highest BCUT2D eigenvalue weighted by atomic mass is 35.5. The zero-order valence-corrected chi connectivity index (χ0v) is 10.3. The zero-order valence-electron chi connectivity index (χ0n) is 8.75. The molecule has 0 atom stereocenters. The van der Waals surface area contributed by atoms with Crippen molar-refractivity contribution in [1.82, 2.24) is 0 Å². The second-order valence-corrected chi connectivity index (χ2v) is 4.37. The molecule has 4 heteroatoms. The van der Waals surface area contributed by atoms with Crippen LogP contribution in [-0.2, 0) is 6.61 Å². The second-order valence-electron chi connectivity index (χ2n) is 3.55. The molecule has 2 rings (SSSR count). The maximum atomic E-state index is 13.5. The van der Waals surface area contributed by atoms with Crippen molar-refractivity contribution in [2.45, 2.75) is 6.61 Å². The molecule has 1 nitrogen and oxygen atoms in total. The van der Waals surface area contributed by atoms with Crippen molar-refractivity contribution in [1.29, 1.82) is 0 Å². The van der Waals surface area contributed by atoms with E-state index in [2.05, 4.69) is 0 Å². The Hall–Kier alpha value is -1.09. The summed E-state index contributed by atoms with van der Waals surface area (Å²) in [6, 6.07) is 9.67. The molecule has 0 heterocycles. The van der Waals surface area contributed by atoms with Crippen LogP contribution in [0.3, 0.4) is 0 Å². The number of halogens is 3. The summed E-state index contributed by atoms with van der Waals surface area (Å²) in [6.07, 6.45) is 0. The van der Waals surface area contributed by atoms with Gasteiger partial charge in [-0.05, 0) is 29.3 Å². The van der Waals surface area contributed by atoms with Crippen molar-refractivity contribution in [3.8, 4) is 11.1 Å². The van der Waals surface area contributed by atoms with Crippen LogP contribution in [-0.4, -0.2) is 5.11 Å². The number of rotatable bonds is 2.